The Kier molecular flexibility index (Phi) is 3.65. The van der Waals surface area contributed by atoms with E-state index < -0.39 is 4.92 Å². The number of benzene rings is 1. The third kappa shape index (κ3) is 2.88. The van der Waals surface area contributed by atoms with Gasteiger partial charge >= 0.3 is 0 Å². The topological polar surface area (TPSA) is 52.4 Å². The molecule has 1 aromatic rings. The van der Waals surface area contributed by atoms with Gasteiger partial charge in [-0.25, -0.2) is 0 Å². The van der Waals surface area contributed by atoms with Crippen molar-refractivity contribution < 1.29 is 9.66 Å². The van der Waals surface area contributed by atoms with E-state index in [0.29, 0.717) is 6.61 Å². The van der Waals surface area contributed by atoms with Gasteiger partial charge < -0.3 is 4.74 Å². The van der Waals surface area contributed by atoms with E-state index in [1.54, 1.807) is 12.1 Å². The van der Waals surface area contributed by atoms with Crippen LogP contribution in [0.15, 0.2) is 24.3 Å². The number of non-ortho nitro benzene ring substituents is 1. The van der Waals surface area contributed by atoms with Gasteiger partial charge in [0.25, 0.3) is 5.69 Å². The summed E-state index contributed by atoms with van der Waals surface area (Å²) in [5, 5.41) is 10.3. The lowest BCUT2D eigenvalue weighted by Gasteiger charge is -1.99. The van der Waals surface area contributed by atoms with Gasteiger partial charge in [-0.15, -0.1) is 6.42 Å². The highest BCUT2D eigenvalue weighted by Gasteiger charge is 2.03. The van der Waals surface area contributed by atoms with Crippen LogP contribution in [0.3, 0.4) is 0 Å². The predicted molar refractivity (Wildman–Crippen MR) is 51.6 cm³/mol. The number of terminal acetylenes is 1. The normalized spacial score (nSPS) is 9.36. The van der Waals surface area contributed by atoms with E-state index >= 15 is 0 Å². The summed E-state index contributed by atoms with van der Waals surface area (Å²) in [7, 11) is 0. The summed E-state index contributed by atoms with van der Waals surface area (Å²) in [5.41, 5.74) is 0.941. The molecular formula is C10H9NO3. The summed E-state index contributed by atoms with van der Waals surface area (Å²) in [6.07, 6.45) is 4.99. The van der Waals surface area contributed by atoms with Crippen molar-refractivity contribution in [1.29, 1.82) is 0 Å². The average Bonchev–Trinajstić information content (AvgIpc) is 2.19. The third-order valence-electron chi connectivity index (χ3n) is 1.60. The van der Waals surface area contributed by atoms with Crippen molar-refractivity contribution in [2.45, 2.75) is 6.61 Å². The highest BCUT2D eigenvalue weighted by molar-refractivity contribution is 5.32. The molecule has 1 aromatic carbocycles. The molecule has 0 unspecified atom stereocenters. The van der Waals surface area contributed by atoms with Gasteiger partial charge in [0, 0.05) is 12.1 Å². The van der Waals surface area contributed by atoms with Crippen LogP contribution in [-0.4, -0.2) is 11.5 Å². The Hall–Kier alpha value is -1.86. The first-order chi connectivity index (χ1) is 6.74. The van der Waals surface area contributed by atoms with Crippen molar-refractivity contribution in [3.8, 4) is 12.3 Å². The van der Waals surface area contributed by atoms with Crippen molar-refractivity contribution in [2.24, 2.45) is 0 Å². The Balaban J connectivity index is 2.56. The Bertz CT molecular complexity index is 351. The zero-order valence-electron chi connectivity index (χ0n) is 7.47. The molecule has 0 amide bonds. The Morgan fingerprint density at radius 1 is 1.43 bits per heavy atom. The van der Waals surface area contributed by atoms with Crippen molar-refractivity contribution in [3.05, 3.63) is 39.9 Å². The maximum absolute atomic E-state index is 10.3. The quantitative estimate of drug-likeness (QED) is 0.315. The summed E-state index contributed by atoms with van der Waals surface area (Å²) in [6, 6.07) is 6.17. The molecule has 0 saturated carbocycles. The largest absolute Gasteiger partial charge is 0.364 e. The van der Waals surface area contributed by atoms with Crippen LogP contribution in [0.1, 0.15) is 5.56 Å². The molecular weight excluding hydrogens is 182 g/mol. The molecule has 14 heavy (non-hydrogen) atoms. The van der Waals surface area contributed by atoms with Gasteiger partial charge in [-0.2, -0.15) is 0 Å². The number of hydrogen-bond acceptors (Lipinski definition) is 3. The summed E-state index contributed by atoms with van der Waals surface area (Å²) in [6.45, 7) is 0.624. The van der Waals surface area contributed by atoms with E-state index in [4.69, 9.17) is 11.2 Å². The Labute approximate surface area is 81.7 Å². The van der Waals surface area contributed by atoms with Gasteiger partial charge in [0.05, 0.1) is 11.5 Å². The molecule has 0 radical (unpaired) electrons. The molecule has 0 aliphatic heterocycles. The van der Waals surface area contributed by atoms with E-state index in [0.717, 1.165) is 5.56 Å². The van der Waals surface area contributed by atoms with Gasteiger partial charge in [-0.3, -0.25) is 10.1 Å². The molecule has 0 aromatic heterocycles. The van der Waals surface area contributed by atoms with E-state index in [2.05, 4.69) is 5.92 Å². The van der Waals surface area contributed by atoms with Gasteiger partial charge in [0.1, 0.15) is 6.61 Å². The molecule has 4 heteroatoms. The zero-order valence-corrected chi connectivity index (χ0v) is 7.47. The number of ether oxygens (including phenoxy) is 1. The second-order valence-corrected chi connectivity index (χ2v) is 2.62. The Morgan fingerprint density at radius 2 is 2.07 bits per heavy atom. The number of hydrogen-bond donors (Lipinski definition) is 0. The van der Waals surface area contributed by atoms with Crippen LogP contribution >= 0.6 is 0 Å². The first-order valence-corrected chi connectivity index (χ1v) is 3.98. The lowest BCUT2D eigenvalue weighted by atomic mass is 10.2. The SMILES string of the molecule is C#CCOCc1ccc([N+](=O)[O-])cc1. The van der Waals surface area contributed by atoms with Gasteiger partial charge in [-0.1, -0.05) is 5.92 Å². The van der Waals surface area contributed by atoms with Crippen LogP contribution < -0.4 is 0 Å². The fourth-order valence-corrected chi connectivity index (χ4v) is 0.942. The van der Waals surface area contributed by atoms with E-state index in [1.807, 2.05) is 0 Å². The molecule has 0 saturated heterocycles. The third-order valence-corrected chi connectivity index (χ3v) is 1.60. The van der Waals surface area contributed by atoms with Crippen molar-refractivity contribution in [3.63, 3.8) is 0 Å². The number of rotatable bonds is 4. The maximum atomic E-state index is 10.3. The van der Waals surface area contributed by atoms with Crippen LogP contribution in [-0.2, 0) is 11.3 Å². The fourth-order valence-electron chi connectivity index (χ4n) is 0.942. The van der Waals surface area contributed by atoms with Gasteiger partial charge in [-0.05, 0) is 17.7 Å². The van der Waals surface area contributed by atoms with Crippen molar-refractivity contribution >= 4 is 5.69 Å². The molecule has 72 valence electrons. The zero-order chi connectivity index (χ0) is 10.4. The molecule has 0 atom stereocenters. The Morgan fingerprint density at radius 3 is 2.57 bits per heavy atom. The summed E-state index contributed by atoms with van der Waals surface area (Å²) in [4.78, 5) is 9.88. The highest BCUT2D eigenvalue weighted by atomic mass is 16.6. The smallest absolute Gasteiger partial charge is 0.269 e. The lowest BCUT2D eigenvalue weighted by Crippen LogP contribution is -1.93. The molecule has 1 rings (SSSR count). The van der Waals surface area contributed by atoms with Gasteiger partial charge in [0.2, 0.25) is 0 Å². The number of nitrogens with zero attached hydrogens (tertiary/aromatic N) is 1. The summed E-state index contributed by atoms with van der Waals surface area (Å²) >= 11 is 0. The van der Waals surface area contributed by atoms with Crippen LogP contribution in [0.4, 0.5) is 5.69 Å². The minimum Gasteiger partial charge on any atom is -0.364 e. The molecule has 0 spiro atoms. The van der Waals surface area contributed by atoms with Crippen molar-refractivity contribution in [1.82, 2.24) is 0 Å². The standard InChI is InChI=1S/C10H9NO3/c1-2-7-14-8-9-3-5-10(6-4-9)11(12)13/h1,3-6H,7-8H2. The number of nitro benzene ring substituents is 1. The molecule has 0 N–H and O–H groups in total. The minimum atomic E-state index is -0.438. The summed E-state index contributed by atoms with van der Waals surface area (Å²) < 4.78 is 5.06. The van der Waals surface area contributed by atoms with Crippen LogP contribution in [0, 0.1) is 22.5 Å². The van der Waals surface area contributed by atoms with Gasteiger partial charge in [0.15, 0.2) is 0 Å². The van der Waals surface area contributed by atoms with Crippen LogP contribution in [0.25, 0.3) is 0 Å². The molecule has 0 aliphatic carbocycles. The molecule has 0 fully saturated rings. The molecule has 0 heterocycles. The van der Waals surface area contributed by atoms with Crippen LogP contribution in [0.5, 0.6) is 0 Å². The maximum Gasteiger partial charge on any atom is 0.269 e. The molecule has 0 aliphatic rings. The summed E-state index contributed by atoms with van der Waals surface area (Å²) in [5.74, 6) is 2.34. The first-order valence-electron chi connectivity index (χ1n) is 3.98. The van der Waals surface area contributed by atoms with Crippen molar-refractivity contribution in [2.75, 3.05) is 6.61 Å². The second kappa shape index (κ2) is 5.00. The van der Waals surface area contributed by atoms with Crippen LogP contribution in [0.2, 0.25) is 0 Å². The van der Waals surface area contributed by atoms with E-state index in [1.165, 1.54) is 12.1 Å². The first kappa shape index (κ1) is 10.2. The minimum absolute atomic E-state index is 0.0747. The van der Waals surface area contributed by atoms with E-state index in [9.17, 15) is 10.1 Å². The average molecular weight is 191 g/mol. The fraction of sp³-hybridized carbons (Fsp3) is 0.200. The van der Waals surface area contributed by atoms with E-state index in [-0.39, 0.29) is 12.3 Å². The molecule has 4 nitrogen and oxygen atoms in total. The second-order valence-electron chi connectivity index (χ2n) is 2.62. The lowest BCUT2D eigenvalue weighted by molar-refractivity contribution is -0.384. The monoisotopic (exact) mass is 191 g/mol. The molecule has 0 bridgehead atoms. The predicted octanol–water partition coefficient (Wildman–Crippen LogP) is 1.74. The number of nitro groups is 1. The highest BCUT2D eigenvalue weighted by Crippen LogP contribution is 2.12.